The van der Waals surface area contributed by atoms with E-state index in [-0.39, 0.29) is 25.0 Å². The first kappa shape index (κ1) is 17.8. The summed E-state index contributed by atoms with van der Waals surface area (Å²) < 4.78 is 5.29. The van der Waals surface area contributed by atoms with Crippen LogP contribution in [0.1, 0.15) is 29.2 Å². The van der Waals surface area contributed by atoms with E-state index in [0.717, 1.165) is 16.9 Å². The van der Waals surface area contributed by atoms with Crippen molar-refractivity contribution in [1.82, 2.24) is 10.2 Å². The highest BCUT2D eigenvalue weighted by Crippen LogP contribution is 2.34. The number of aliphatic carboxylic acids is 1. The normalized spacial score (nSPS) is 15.9. The average Bonchev–Trinajstić information content (AvgIpc) is 2.66. The Bertz CT molecular complexity index is 792. The molecule has 0 spiro atoms. The average molecular weight is 354 g/mol. The number of carbonyl (C=O) groups excluding carboxylic acids is 1. The molecule has 1 aliphatic rings. The predicted molar refractivity (Wildman–Crippen MR) is 97.1 cm³/mol. The first-order chi connectivity index (χ1) is 12.6. The first-order valence-corrected chi connectivity index (χ1v) is 8.55. The number of urea groups is 1. The number of benzene rings is 2. The van der Waals surface area contributed by atoms with E-state index < -0.39 is 5.97 Å². The van der Waals surface area contributed by atoms with Crippen LogP contribution in [-0.2, 0) is 17.8 Å². The molecular formula is C20H22N2O4. The lowest BCUT2D eigenvalue weighted by Gasteiger charge is -2.37. The second-order valence-electron chi connectivity index (χ2n) is 6.27. The maximum Gasteiger partial charge on any atom is 0.318 e. The number of methoxy groups -OCH3 is 1. The van der Waals surface area contributed by atoms with Crippen LogP contribution < -0.4 is 10.1 Å². The summed E-state index contributed by atoms with van der Waals surface area (Å²) in [5, 5.41) is 11.5. The third kappa shape index (κ3) is 3.96. The minimum Gasteiger partial charge on any atom is -0.497 e. The van der Waals surface area contributed by atoms with Gasteiger partial charge in [-0.05, 0) is 35.2 Å². The van der Waals surface area contributed by atoms with Gasteiger partial charge in [-0.25, -0.2) is 4.79 Å². The highest BCUT2D eigenvalue weighted by Gasteiger charge is 2.31. The molecular weight excluding hydrogens is 332 g/mol. The van der Waals surface area contributed by atoms with Gasteiger partial charge >= 0.3 is 12.0 Å². The monoisotopic (exact) mass is 354 g/mol. The standard InChI is InChI=1S/C20H22N2O4/c1-26-17-8-7-15-12-18(14-5-3-2-4-6-14)22(13-16(15)11-17)20(25)21-10-9-19(23)24/h2-8,11,18H,9-10,12-13H2,1H3,(H,21,25)(H,23,24). The molecule has 0 bridgehead atoms. The predicted octanol–water partition coefficient (Wildman–Crippen LogP) is 2.98. The fraction of sp³-hybridized carbons (Fsp3) is 0.300. The molecule has 6 heteroatoms. The van der Waals surface area contributed by atoms with Crippen LogP contribution in [0, 0.1) is 0 Å². The topological polar surface area (TPSA) is 78.9 Å². The molecule has 0 saturated carbocycles. The van der Waals surface area contributed by atoms with Crippen molar-refractivity contribution in [2.24, 2.45) is 0 Å². The highest BCUT2D eigenvalue weighted by atomic mass is 16.5. The Hall–Kier alpha value is -3.02. The summed E-state index contributed by atoms with van der Waals surface area (Å²) in [5.74, 6) is -0.174. The van der Waals surface area contributed by atoms with Crippen molar-refractivity contribution in [3.63, 3.8) is 0 Å². The summed E-state index contributed by atoms with van der Waals surface area (Å²) in [7, 11) is 1.62. The minimum atomic E-state index is -0.932. The smallest absolute Gasteiger partial charge is 0.318 e. The first-order valence-electron chi connectivity index (χ1n) is 8.55. The summed E-state index contributed by atoms with van der Waals surface area (Å²) in [5.41, 5.74) is 3.29. The van der Waals surface area contributed by atoms with Crippen LogP contribution >= 0.6 is 0 Å². The molecule has 0 aliphatic carbocycles. The maximum absolute atomic E-state index is 12.7. The molecule has 1 unspecified atom stereocenters. The van der Waals surface area contributed by atoms with Crippen LogP contribution in [-0.4, -0.2) is 35.7 Å². The number of rotatable bonds is 5. The van der Waals surface area contributed by atoms with Crippen molar-refractivity contribution < 1.29 is 19.4 Å². The number of nitrogens with one attached hydrogen (secondary N) is 1. The van der Waals surface area contributed by atoms with Crippen molar-refractivity contribution in [3.05, 3.63) is 65.2 Å². The molecule has 0 fully saturated rings. The molecule has 1 aliphatic heterocycles. The Labute approximate surface area is 152 Å². The lowest BCUT2D eigenvalue weighted by atomic mass is 9.90. The molecule has 2 N–H and O–H groups in total. The number of hydrogen-bond acceptors (Lipinski definition) is 3. The Morgan fingerprint density at radius 2 is 1.96 bits per heavy atom. The quantitative estimate of drug-likeness (QED) is 0.865. The summed E-state index contributed by atoms with van der Waals surface area (Å²) in [6.45, 7) is 0.558. The number of amides is 2. The van der Waals surface area contributed by atoms with Crippen molar-refractivity contribution in [3.8, 4) is 5.75 Å². The number of carboxylic acids is 1. The zero-order chi connectivity index (χ0) is 18.5. The number of ether oxygens (including phenoxy) is 1. The SMILES string of the molecule is COc1ccc2c(c1)CN(C(=O)NCCC(=O)O)C(c1ccccc1)C2. The van der Waals surface area contributed by atoms with Gasteiger partial charge in [0.15, 0.2) is 0 Å². The van der Waals surface area contributed by atoms with Gasteiger partial charge in [0.2, 0.25) is 0 Å². The van der Waals surface area contributed by atoms with Gasteiger partial charge < -0.3 is 20.1 Å². The molecule has 3 rings (SSSR count). The Balaban J connectivity index is 1.86. The Morgan fingerprint density at radius 3 is 2.65 bits per heavy atom. The number of nitrogens with zero attached hydrogens (tertiary/aromatic N) is 1. The van der Waals surface area contributed by atoms with E-state index in [9.17, 15) is 9.59 Å². The molecule has 2 aromatic carbocycles. The third-order valence-corrected chi connectivity index (χ3v) is 4.60. The molecule has 1 heterocycles. The van der Waals surface area contributed by atoms with Crippen LogP contribution in [0.4, 0.5) is 4.79 Å². The van der Waals surface area contributed by atoms with Crippen molar-refractivity contribution in [1.29, 1.82) is 0 Å². The summed E-state index contributed by atoms with van der Waals surface area (Å²) in [6.07, 6.45) is 0.607. The number of carbonyl (C=O) groups is 2. The molecule has 0 aromatic heterocycles. The van der Waals surface area contributed by atoms with Gasteiger partial charge in [-0.15, -0.1) is 0 Å². The van der Waals surface area contributed by atoms with Crippen LogP contribution in [0.15, 0.2) is 48.5 Å². The number of hydrogen-bond donors (Lipinski definition) is 2. The van der Waals surface area contributed by atoms with E-state index in [0.29, 0.717) is 13.0 Å². The van der Waals surface area contributed by atoms with E-state index in [2.05, 4.69) is 5.32 Å². The van der Waals surface area contributed by atoms with E-state index in [4.69, 9.17) is 9.84 Å². The largest absolute Gasteiger partial charge is 0.497 e. The minimum absolute atomic E-state index is 0.0954. The van der Waals surface area contributed by atoms with Crippen LogP contribution in [0.2, 0.25) is 0 Å². The molecule has 136 valence electrons. The fourth-order valence-electron chi connectivity index (χ4n) is 3.25. The number of carboxylic acid groups (broad SMARTS) is 1. The van der Waals surface area contributed by atoms with Gasteiger partial charge in [-0.1, -0.05) is 36.4 Å². The molecule has 2 aromatic rings. The van der Waals surface area contributed by atoms with Gasteiger partial charge in [0.25, 0.3) is 0 Å². The van der Waals surface area contributed by atoms with Gasteiger partial charge in [-0.2, -0.15) is 0 Å². The van der Waals surface area contributed by atoms with Crippen LogP contribution in [0.25, 0.3) is 0 Å². The highest BCUT2D eigenvalue weighted by molar-refractivity contribution is 5.76. The van der Waals surface area contributed by atoms with E-state index >= 15 is 0 Å². The summed E-state index contributed by atoms with van der Waals surface area (Å²) in [6, 6.07) is 15.5. The molecule has 6 nitrogen and oxygen atoms in total. The molecule has 0 saturated heterocycles. The molecule has 0 radical (unpaired) electrons. The van der Waals surface area contributed by atoms with E-state index in [1.807, 2.05) is 48.5 Å². The van der Waals surface area contributed by atoms with Crippen LogP contribution in [0.5, 0.6) is 5.75 Å². The fourth-order valence-corrected chi connectivity index (χ4v) is 3.25. The van der Waals surface area contributed by atoms with Crippen molar-refractivity contribution in [2.45, 2.75) is 25.4 Å². The second-order valence-corrected chi connectivity index (χ2v) is 6.27. The lowest BCUT2D eigenvalue weighted by Crippen LogP contribution is -2.45. The summed E-state index contributed by atoms with van der Waals surface area (Å²) >= 11 is 0. The van der Waals surface area contributed by atoms with E-state index in [1.165, 1.54) is 5.56 Å². The van der Waals surface area contributed by atoms with Crippen molar-refractivity contribution >= 4 is 12.0 Å². The molecule has 26 heavy (non-hydrogen) atoms. The second kappa shape index (κ2) is 7.91. The van der Waals surface area contributed by atoms with Crippen LogP contribution in [0.3, 0.4) is 0 Å². The zero-order valence-electron chi connectivity index (χ0n) is 14.6. The third-order valence-electron chi connectivity index (χ3n) is 4.60. The summed E-state index contributed by atoms with van der Waals surface area (Å²) in [4.78, 5) is 25.2. The van der Waals surface area contributed by atoms with Gasteiger partial charge in [0.1, 0.15) is 5.75 Å². The molecule has 1 atom stereocenters. The Morgan fingerprint density at radius 1 is 1.19 bits per heavy atom. The number of fused-ring (bicyclic) bond motifs is 1. The maximum atomic E-state index is 12.7. The van der Waals surface area contributed by atoms with Gasteiger partial charge in [0, 0.05) is 13.1 Å². The van der Waals surface area contributed by atoms with Crippen molar-refractivity contribution in [2.75, 3.05) is 13.7 Å². The zero-order valence-corrected chi connectivity index (χ0v) is 14.6. The molecule has 2 amide bonds. The lowest BCUT2D eigenvalue weighted by molar-refractivity contribution is -0.136. The Kier molecular flexibility index (Phi) is 5.41. The van der Waals surface area contributed by atoms with E-state index in [1.54, 1.807) is 12.0 Å². The van der Waals surface area contributed by atoms with Gasteiger partial charge in [0.05, 0.1) is 19.6 Å². The van der Waals surface area contributed by atoms with Gasteiger partial charge in [-0.3, -0.25) is 4.79 Å².